The molecule has 0 N–H and O–H groups in total. The number of piperazine rings is 1. The maximum atomic E-state index is 6.23. The van der Waals surface area contributed by atoms with Crippen molar-refractivity contribution in [3.63, 3.8) is 0 Å². The summed E-state index contributed by atoms with van der Waals surface area (Å²) in [7, 11) is 0. The minimum atomic E-state index is 0.121. The van der Waals surface area contributed by atoms with Crippen LogP contribution in [0.1, 0.15) is 30.4 Å². The molecule has 2 unspecified atom stereocenters. The Kier molecular flexibility index (Phi) is 6.70. The summed E-state index contributed by atoms with van der Waals surface area (Å²) in [4.78, 5) is 5.18. The van der Waals surface area contributed by atoms with E-state index in [9.17, 15) is 0 Å². The van der Waals surface area contributed by atoms with Gasteiger partial charge in [0.05, 0.1) is 19.3 Å². The van der Waals surface area contributed by atoms with Crippen molar-refractivity contribution < 1.29 is 9.47 Å². The van der Waals surface area contributed by atoms with E-state index >= 15 is 0 Å². The largest absolute Gasteiger partial charge is 0.371 e. The zero-order chi connectivity index (χ0) is 20.9. The van der Waals surface area contributed by atoms with Crippen molar-refractivity contribution >= 4 is 0 Å². The molecule has 2 atom stereocenters. The third-order valence-corrected chi connectivity index (χ3v) is 7.46. The number of benzene rings is 2. The first-order valence-corrected chi connectivity index (χ1v) is 12.1. The first-order valence-electron chi connectivity index (χ1n) is 12.1. The lowest BCUT2D eigenvalue weighted by Crippen LogP contribution is -2.57. The van der Waals surface area contributed by atoms with Crippen molar-refractivity contribution in [2.24, 2.45) is 5.41 Å². The van der Waals surface area contributed by atoms with Gasteiger partial charge in [0.15, 0.2) is 0 Å². The van der Waals surface area contributed by atoms with Gasteiger partial charge in [0.2, 0.25) is 0 Å². The van der Waals surface area contributed by atoms with Gasteiger partial charge in [-0.05, 0) is 35.8 Å². The van der Waals surface area contributed by atoms with Crippen LogP contribution in [0.15, 0.2) is 60.7 Å². The molecule has 2 aromatic carbocycles. The minimum Gasteiger partial charge on any atom is -0.371 e. The third-order valence-electron chi connectivity index (χ3n) is 7.46. The summed E-state index contributed by atoms with van der Waals surface area (Å²) in [5, 5.41) is 0. The second kappa shape index (κ2) is 9.83. The fourth-order valence-electron chi connectivity index (χ4n) is 5.52. The van der Waals surface area contributed by atoms with E-state index in [2.05, 4.69) is 70.5 Å². The van der Waals surface area contributed by atoms with Crippen LogP contribution < -0.4 is 0 Å². The van der Waals surface area contributed by atoms with Crippen LogP contribution >= 0.6 is 0 Å². The molecule has 2 aliphatic heterocycles. The summed E-state index contributed by atoms with van der Waals surface area (Å²) >= 11 is 0. The second-order valence-electron chi connectivity index (χ2n) is 9.76. The fraction of sp³-hybridized carbons (Fsp3) is 0.556. The molecule has 0 radical (unpaired) electrons. The monoisotopic (exact) mass is 420 g/mol. The molecule has 4 nitrogen and oxygen atoms in total. The van der Waals surface area contributed by atoms with E-state index in [1.807, 2.05) is 0 Å². The van der Waals surface area contributed by atoms with Crippen LogP contribution in [-0.2, 0) is 22.3 Å². The Morgan fingerprint density at radius 2 is 1.45 bits per heavy atom. The lowest BCUT2D eigenvalue weighted by Gasteiger charge is -2.48. The van der Waals surface area contributed by atoms with Crippen LogP contribution in [0.5, 0.6) is 0 Å². The lowest BCUT2D eigenvalue weighted by molar-refractivity contribution is -0.190. The third kappa shape index (κ3) is 5.38. The van der Waals surface area contributed by atoms with Crippen LogP contribution in [0, 0.1) is 5.41 Å². The molecule has 2 heterocycles. The van der Waals surface area contributed by atoms with Gasteiger partial charge in [0, 0.05) is 39.1 Å². The molecule has 1 aliphatic carbocycles. The summed E-state index contributed by atoms with van der Waals surface area (Å²) < 4.78 is 12.4. The zero-order valence-corrected chi connectivity index (χ0v) is 18.6. The Bertz CT molecular complexity index is 793. The van der Waals surface area contributed by atoms with Crippen molar-refractivity contribution in [2.75, 3.05) is 45.9 Å². The molecule has 0 amide bonds. The summed E-state index contributed by atoms with van der Waals surface area (Å²) in [5.41, 5.74) is 3.32. The number of rotatable bonds is 7. The molecule has 3 fully saturated rings. The standard InChI is InChI=1S/C27H36N2O2/c1-3-8-23(9-4-1)18-25-20-31-26(21-30-25)29-16-14-28(15-17-29)22-27(12-7-13-27)19-24-10-5-2-6-11-24/h1-6,8-11,25-26H,7,12-22H2. The fourth-order valence-corrected chi connectivity index (χ4v) is 5.52. The van der Waals surface area contributed by atoms with Crippen molar-refractivity contribution in [3.8, 4) is 0 Å². The van der Waals surface area contributed by atoms with Crippen molar-refractivity contribution in [3.05, 3.63) is 71.8 Å². The quantitative estimate of drug-likeness (QED) is 0.676. The van der Waals surface area contributed by atoms with Gasteiger partial charge in [0.25, 0.3) is 0 Å². The van der Waals surface area contributed by atoms with Gasteiger partial charge >= 0.3 is 0 Å². The second-order valence-corrected chi connectivity index (χ2v) is 9.76. The topological polar surface area (TPSA) is 24.9 Å². The van der Waals surface area contributed by atoms with Gasteiger partial charge in [-0.25, -0.2) is 0 Å². The molecule has 166 valence electrons. The smallest absolute Gasteiger partial charge is 0.134 e. The van der Waals surface area contributed by atoms with Gasteiger partial charge in [-0.15, -0.1) is 0 Å². The number of hydrogen-bond donors (Lipinski definition) is 0. The Hall–Kier alpha value is -1.72. The van der Waals surface area contributed by atoms with Gasteiger partial charge in [-0.2, -0.15) is 0 Å². The lowest BCUT2D eigenvalue weighted by atomic mass is 9.65. The van der Waals surface area contributed by atoms with E-state index in [0.29, 0.717) is 18.6 Å². The van der Waals surface area contributed by atoms with E-state index in [0.717, 1.165) is 32.6 Å². The van der Waals surface area contributed by atoms with Crippen LogP contribution in [-0.4, -0.2) is 68.1 Å². The number of hydrogen-bond acceptors (Lipinski definition) is 4. The first-order chi connectivity index (χ1) is 15.3. The summed E-state index contributed by atoms with van der Waals surface area (Å²) in [5.74, 6) is 0. The zero-order valence-electron chi connectivity index (χ0n) is 18.6. The normalized spacial score (nSPS) is 27.0. The highest BCUT2D eigenvalue weighted by Gasteiger charge is 2.39. The van der Waals surface area contributed by atoms with E-state index in [-0.39, 0.29) is 12.3 Å². The first kappa shape index (κ1) is 21.1. The highest BCUT2D eigenvalue weighted by atomic mass is 16.6. The number of nitrogens with zero attached hydrogens (tertiary/aromatic N) is 2. The number of ether oxygens (including phenoxy) is 2. The van der Waals surface area contributed by atoms with E-state index in [1.165, 1.54) is 43.4 Å². The van der Waals surface area contributed by atoms with E-state index in [1.54, 1.807) is 0 Å². The maximum Gasteiger partial charge on any atom is 0.134 e. The average molecular weight is 421 g/mol. The van der Waals surface area contributed by atoms with Crippen LogP contribution in [0.25, 0.3) is 0 Å². The van der Waals surface area contributed by atoms with E-state index in [4.69, 9.17) is 9.47 Å². The van der Waals surface area contributed by atoms with Crippen LogP contribution in [0.4, 0.5) is 0 Å². The molecule has 0 bridgehead atoms. The van der Waals surface area contributed by atoms with Crippen molar-refractivity contribution in [1.29, 1.82) is 0 Å². The van der Waals surface area contributed by atoms with Gasteiger partial charge < -0.3 is 14.4 Å². The highest BCUT2D eigenvalue weighted by Crippen LogP contribution is 2.44. The van der Waals surface area contributed by atoms with Gasteiger partial charge in [0.1, 0.15) is 6.23 Å². The summed E-state index contributed by atoms with van der Waals surface area (Å²) in [6, 6.07) is 21.6. The Morgan fingerprint density at radius 1 is 0.774 bits per heavy atom. The Labute approximate surface area is 187 Å². The SMILES string of the molecule is c1ccc(CC2COC(N3CCN(CC4(Cc5ccccc5)CCC4)CC3)CO2)cc1. The Balaban J connectivity index is 1.06. The minimum absolute atomic E-state index is 0.121. The predicted molar refractivity (Wildman–Crippen MR) is 124 cm³/mol. The molecule has 0 aromatic heterocycles. The maximum absolute atomic E-state index is 6.23. The van der Waals surface area contributed by atoms with E-state index < -0.39 is 0 Å². The Morgan fingerprint density at radius 3 is 2.03 bits per heavy atom. The molecule has 31 heavy (non-hydrogen) atoms. The molecule has 3 aliphatic rings. The summed E-state index contributed by atoms with van der Waals surface area (Å²) in [6.45, 7) is 7.08. The highest BCUT2D eigenvalue weighted by molar-refractivity contribution is 5.18. The van der Waals surface area contributed by atoms with Gasteiger partial charge in [-0.1, -0.05) is 67.1 Å². The molecule has 2 saturated heterocycles. The van der Waals surface area contributed by atoms with Crippen molar-refractivity contribution in [2.45, 2.75) is 44.4 Å². The van der Waals surface area contributed by atoms with Crippen LogP contribution in [0.2, 0.25) is 0 Å². The van der Waals surface area contributed by atoms with Gasteiger partial charge in [-0.3, -0.25) is 4.90 Å². The molecule has 1 saturated carbocycles. The molecular weight excluding hydrogens is 384 g/mol. The molecule has 4 heteroatoms. The summed E-state index contributed by atoms with van der Waals surface area (Å²) in [6.07, 6.45) is 6.62. The average Bonchev–Trinajstić information content (AvgIpc) is 2.80. The molecule has 5 rings (SSSR count). The predicted octanol–water partition coefficient (Wildman–Crippen LogP) is 4.00. The molecule has 0 spiro atoms. The van der Waals surface area contributed by atoms with Crippen molar-refractivity contribution in [1.82, 2.24) is 9.80 Å². The molecular formula is C27H36N2O2. The van der Waals surface area contributed by atoms with Crippen LogP contribution in [0.3, 0.4) is 0 Å². The molecule has 2 aromatic rings.